The highest BCUT2D eigenvalue weighted by molar-refractivity contribution is 7.20. The highest BCUT2D eigenvalue weighted by Crippen LogP contribution is 2.31. The SMILES string of the molecule is CCN(CC(C)C(=O)OC)C(=O)c1cc2c(C)nn(-c3ccc(F)cc3)c2s1. The molecule has 148 valence electrons. The summed E-state index contributed by atoms with van der Waals surface area (Å²) in [6, 6.07) is 7.89. The summed E-state index contributed by atoms with van der Waals surface area (Å²) in [6.07, 6.45) is 0. The normalized spacial score (nSPS) is 12.2. The molecular weight excluding hydrogens is 381 g/mol. The van der Waals surface area contributed by atoms with Crippen molar-refractivity contribution in [3.63, 3.8) is 0 Å². The molecule has 1 aromatic carbocycles. The summed E-state index contributed by atoms with van der Waals surface area (Å²) in [5.41, 5.74) is 1.52. The summed E-state index contributed by atoms with van der Waals surface area (Å²) in [5, 5.41) is 5.40. The number of nitrogens with zero attached hydrogens (tertiary/aromatic N) is 3. The number of thiophene rings is 1. The molecule has 3 aromatic rings. The summed E-state index contributed by atoms with van der Waals surface area (Å²) in [6.45, 7) is 6.26. The first-order valence-corrected chi connectivity index (χ1v) is 9.79. The van der Waals surface area contributed by atoms with Gasteiger partial charge in [-0.3, -0.25) is 9.59 Å². The van der Waals surface area contributed by atoms with Crippen molar-refractivity contribution in [1.82, 2.24) is 14.7 Å². The number of ether oxygens (including phenoxy) is 1. The molecule has 2 aromatic heterocycles. The van der Waals surface area contributed by atoms with Crippen LogP contribution in [0.3, 0.4) is 0 Å². The van der Waals surface area contributed by atoms with Crippen LogP contribution in [0.1, 0.15) is 29.2 Å². The Morgan fingerprint density at radius 2 is 2.00 bits per heavy atom. The minimum atomic E-state index is -0.403. The number of carbonyl (C=O) groups excluding carboxylic acids is 2. The molecule has 0 N–H and O–H groups in total. The summed E-state index contributed by atoms with van der Waals surface area (Å²) in [5.74, 6) is -1.20. The second-order valence-electron chi connectivity index (χ2n) is 6.57. The third-order valence-electron chi connectivity index (χ3n) is 4.59. The van der Waals surface area contributed by atoms with Gasteiger partial charge in [0, 0.05) is 18.5 Å². The molecule has 0 aliphatic carbocycles. The Morgan fingerprint density at radius 1 is 1.32 bits per heavy atom. The molecule has 1 atom stereocenters. The van der Waals surface area contributed by atoms with E-state index in [1.807, 2.05) is 19.9 Å². The van der Waals surface area contributed by atoms with Gasteiger partial charge in [0.05, 0.1) is 29.3 Å². The quantitative estimate of drug-likeness (QED) is 0.587. The Morgan fingerprint density at radius 3 is 2.61 bits per heavy atom. The maximum Gasteiger partial charge on any atom is 0.310 e. The fourth-order valence-electron chi connectivity index (χ4n) is 3.03. The molecule has 28 heavy (non-hydrogen) atoms. The highest BCUT2D eigenvalue weighted by atomic mass is 32.1. The Hall–Kier alpha value is -2.74. The van der Waals surface area contributed by atoms with E-state index in [4.69, 9.17) is 4.74 Å². The van der Waals surface area contributed by atoms with Gasteiger partial charge in [-0.2, -0.15) is 5.10 Å². The lowest BCUT2D eigenvalue weighted by Gasteiger charge is -2.22. The Balaban J connectivity index is 1.93. The topological polar surface area (TPSA) is 64.4 Å². The van der Waals surface area contributed by atoms with Crippen LogP contribution in [-0.2, 0) is 9.53 Å². The van der Waals surface area contributed by atoms with E-state index < -0.39 is 5.92 Å². The van der Waals surface area contributed by atoms with Crippen molar-refractivity contribution in [1.29, 1.82) is 0 Å². The van der Waals surface area contributed by atoms with Crippen molar-refractivity contribution < 1.29 is 18.7 Å². The van der Waals surface area contributed by atoms with Gasteiger partial charge in [-0.05, 0) is 44.2 Å². The molecule has 0 saturated heterocycles. The van der Waals surface area contributed by atoms with Crippen molar-refractivity contribution in [2.45, 2.75) is 20.8 Å². The van der Waals surface area contributed by atoms with Crippen LogP contribution in [-0.4, -0.2) is 46.8 Å². The average molecular weight is 403 g/mol. The standard InChI is InChI=1S/C20H22FN3O3S/c1-5-23(11-12(2)20(26)27-4)18(25)17-10-16-13(3)22-24(19(16)28-17)15-8-6-14(21)7-9-15/h6-10,12H,5,11H2,1-4H3. The molecule has 1 unspecified atom stereocenters. The number of halogens is 1. The van der Waals surface area contributed by atoms with E-state index in [0.29, 0.717) is 18.0 Å². The number of carbonyl (C=O) groups is 2. The first-order valence-electron chi connectivity index (χ1n) is 8.97. The van der Waals surface area contributed by atoms with Crippen LogP contribution in [0.15, 0.2) is 30.3 Å². The van der Waals surface area contributed by atoms with Crippen molar-refractivity contribution in [2.24, 2.45) is 5.92 Å². The summed E-state index contributed by atoms with van der Waals surface area (Å²) in [4.78, 5) is 27.7. The predicted octanol–water partition coefficient (Wildman–Crippen LogP) is 3.81. The molecule has 2 heterocycles. The molecule has 0 bridgehead atoms. The minimum absolute atomic E-state index is 0.135. The minimum Gasteiger partial charge on any atom is -0.469 e. The molecule has 0 aliphatic rings. The third kappa shape index (κ3) is 3.77. The Bertz CT molecular complexity index is 1010. The molecule has 0 fully saturated rings. The van der Waals surface area contributed by atoms with Gasteiger partial charge in [0.15, 0.2) is 0 Å². The molecular formula is C20H22FN3O3S. The van der Waals surface area contributed by atoms with Crippen LogP contribution in [0.2, 0.25) is 0 Å². The van der Waals surface area contributed by atoms with Crippen LogP contribution in [0.5, 0.6) is 0 Å². The molecule has 1 amide bonds. The monoisotopic (exact) mass is 403 g/mol. The van der Waals surface area contributed by atoms with Crippen molar-refractivity contribution >= 4 is 33.4 Å². The number of methoxy groups -OCH3 is 1. The van der Waals surface area contributed by atoms with Gasteiger partial charge >= 0.3 is 5.97 Å². The molecule has 6 nitrogen and oxygen atoms in total. The van der Waals surface area contributed by atoms with Crippen LogP contribution >= 0.6 is 11.3 Å². The van der Waals surface area contributed by atoms with Gasteiger partial charge in [-0.25, -0.2) is 9.07 Å². The fraction of sp³-hybridized carbons (Fsp3) is 0.350. The summed E-state index contributed by atoms with van der Waals surface area (Å²) in [7, 11) is 1.34. The average Bonchev–Trinajstić information content (AvgIpc) is 3.26. The van der Waals surface area contributed by atoms with E-state index in [2.05, 4.69) is 5.10 Å². The maximum atomic E-state index is 13.2. The number of esters is 1. The smallest absolute Gasteiger partial charge is 0.310 e. The van der Waals surface area contributed by atoms with Gasteiger partial charge in [0.2, 0.25) is 0 Å². The van der Waals surface area contributed by atoms with E-state index in [0.717, 1.165) is 21.6 Å². The lowest BCUT2D eigenvalue weighted by Crippen LogP contribution is -2.36. The Labute approximate surface area is 166 Å². The van der Waals surface area contributed by atoms with E-state index in [1.54, 1.807) is 28.6 Å². The summed E-state index contributed by atoms with van der Waals surface area (Å²) >= 11 is 1.34. The second kappa shape index (κ2) is 8.10. The van der Waals surface area contributed by atoms with Crippen LogP contribution in [0.25, 0.3) is 15.9 Å². The molecule has 0 radical (unpaired) electrons. The van der Waals surface area contributed by atoms with E-state index >= 15 is 0 Å². The number of hydrogen-bond acceptors (Lipinski definition) is 5. The zero-order valence-electron chi connectivity index (χ0n) is 16.2. The van der Waals surface area contributed by atoms with Crippen LogP contribution in [0, 0.1) is 18.7 Å². The van der Waals surface area contributed by atoms with Gasteiger partial charge in [-0.15, -0.1) is 11.3 Å². The first kappa shape index (κ1) is 20.0. The van der Waals surface area contributed by atoms with Gasteiger partial charge in [0.25, 0.3) is 5.91 Å². The number of aryl methyl sites for hydroxylation is 1. The second-order valence-corrected chi connectivity index (χ2v) is 7.60. The lowest BCUT2D eigenvalue weighted by molar-refractivity contribution is -0.145. The highest BCUT2D eigenvalue weighted by Gasteiger charge is 2.24. The number of benzene rings is 1. The molecule has 0 aliphatic heterocycles. The van der Waals surface area contributed by atoms with E-state index in [1.165, 1.54) is 30.6 Å². The number of rotatable bonds is 6. The third-order valence-corrected chi connectivity index (χ3v) is 5.69. The molecule has 8 heteroatoms. The van der Waals surface area contributed by atoms with Crippen molar-refractivity contribution in [3.8, 4) is 5.69 Å². The summed E-state index contributed by atoms with van der Waals surface area (Å²) < 4.78 is 19.7. The first-order chi connectivity index (χ1) is 13.3. The van der Waals surface area contributed by atoms with Gasteiger partial charge in [-0.1, -0.05) is 6.92 Å². The van der Waals surface area contributed by atoms with Crippen molar-refractivity contribution in [2.75, 3.05) is 20.2 Å². The van der Waals surface area contributed by atoms with E-state index in [9.17, 15) is 14.0 Å². The Kier molecular flexibility index (Phi) is 5.79. The van der Waals surface area contributed by atoms with Gasteiger partial charge < -0.3 is 9.64 Å². The van der Waals surface area contributed by atoms with E-state index in [-0.39, 0.29) is 17.7 Å². The number of fused-ring (bicyclic) bond motifs is 1. The number of hydrogen-bond donors (Lipinski definition) is 0. The van der Waals surface area contributed by atoms with Gasteiger partial charge in [0.1, 0.15) is 10.6 Å². The largest absolute Gasteiger partial charge is 0.469 e. The molecule has 0 saturated carbocycles. The zero-order chi connectivity index (χ0) is 20.4. The van der Waals surface area contributed by atoms with Crippen LogP contribution in [0.4, 0.5) is 4.39 Å². The number of aromatic nitrogens is 2. The maximum absolute atomic E-state index is 13.2. The fourth-order valence-corrected chi connectivity index (χ4v) is 4.18. The predicted molar refractivity (Wildman–Crippen MR) is 106 cm³/mol. The zero-order valence-corrected chi connectivity index (χ0v) is 17.0. The molecule has 3 rings (SSSR count). The molecule has 0 spiro atoms. The number of amides is 1. The van der Waals surface area contributed by atoms with Crippen LogP contribution < -0.4 is 0 Å². The van der Waals surface area contributed by atoms with Crippen molar-refractivity contribution in [3.05, 3.63) is 46.7 Å². The lowest BCUT2D eigenvalue weighted by atomic mass is 10.1.